The molecule has 1 aliphatic carbocycles. The van der Waals surface area contributed by atoms with E-state index in [-0.39, 0.29) is 24.0 Å². The lowest BCUT2D eigenvalue weighted by molar-refractivity contribution is 0.00546. The van der Waals surface area contributed by atoms with Crippen LogP contribution in [0.4, 0.5) is 4.79 Å². The second-order valence-corrected chi connectivity index (χ2v) is 9.27. The number of carbonyl (C=O) groups is 2. The third-order valence-electron chi connectivity index (χ3n) is 5.88. The SMILES string of the molecule is C[C@H](c1cccc2ccccc12)N(C(=O)OC(C)(C)C)C1CC(=O)c2ccccc2C1. The number of nitrogens with zero attached hydrogens (tertiary/aromatic N) is 1. The van der Waals surface area contributed by atoms with E-state index in [1.54, 1.807) is 4.90 Å². The van der Waals surface area contributed by atoms with Crippen molar-refractivity contribution in [3.63, 3.8) is 0 Å². The highest BCUT2D eigenvalue weighted by Crippen LogP contribution is 2.34. The normalized spacial score (nSPS) is 17.2. The standard InChI is InChI=1S/C27H29NO3/c1-18(22-15-9-12-19-10-5-7-13-23(19)22)28(26(30)31-27(2,3)4)21-16-20-11-6-8-14-24(20)25(29)17-21/h5-15,18,21H,16-17H2,1-4H3/t18-,21?/m1/s1. The van der Waals surface area contributed by atoms with Gasteiger partial charge in [0.15, 0.2) is 5.78 Å². The second-order valence-electron chi connectivity index (χ2n) is 9.27. The Bertz CT molecular complexity index is 1120. The third kappa shape index (κ3) is 4.34. The summed E-state index contributed by atoms with van der Waals surface area (Å²) in [4.78, 5) is 28.1. The van der Waals surface area contributed by atoms with Gasteiger partial charge in [-0.1, -0.05) is 66.7 Å². The average Bonchev–Trinajstić information content (AvgIpc) is 2.72. The summed E-state index contributed by atoms with van der Waals surface area (Å²) in [5.41, 5.74) is 2.18. The van der Waals surface area contributed by atoms with Crippen LogP contribution in [0.25, 0.3) is 10.8 Å². The van der Waals surface area contributed by atoms with Crippen LogP contribution in [0.1, 0.15) is 61.6 Å². The van der Waals surface area contributed by atoms with Gasteiger partial charge in [0.2, 0.25) is 0 Å². The van der Waals surface area contributed by atoms with Crippen LogP contribution in [0.5, 0.6) is 0 Å². The van der Waals surface area contributed by atoms with Gasteiger partial charge in [-0.15, -0.1) is 0 Å². The van der Waals surface area contributed by atoms with E-state index in [0.29, 0.717) is 12.8 Å². The predicted octanol–water partition coefficient (Wildman–Crippen LogP) is 6.34. The van der Waals surface area contributed by atoms with Gasteiger partial charge in [-0.05, 0) is 56.0 Å². The highest BCUT2D eigenvalue weighted by Gasteiger charge is 2.37. The van der Waals surface area contributed by atoms with Crippen LogP contribution in [0.2, 0.25) is 0 Å². The maximum absolute atomic E-state index is 13.4. The number of rotatable bonds is 3. The Kier molecular flexibility index (Phi) is 5.57. The van der Waals surface area contributed by atoms with E-state index in [0.717, 1.165) is 27.5 Å². The fourth-order valence-corrected chi connectivity index (χ4v) is 4.52. The quantitative estimate of drug-likeness (QED) is 0.502. The van der Waals surface area contributed by atoms with Crippen molar-refractivity contribution < 1.29 is 14.3 Å². The molecule has 0 fully saturated rings. The van der Waals surface area contributed by atoms with Gasteiger partial charge in [-0.2, -0.15) is 0 Å². The summed E-state index contributed by atoms with van der Waals surface area (Å²) in [7, 11) is 0. The number of carbonyl (C=O) groups excluding carboxylic acids is 2. The molecule has 0 aromatic heterocycles. The lowest BCUT2D eigenvalue weighted by Crippen LogP contribution is -2.48. The highest BCUT2D eigenvalue weighted by atomic mass is 16.6. The number of amides is 1. The van der Waals surface area contributed by atoms with Gasteiger partial charge in [0.05, 0.1) is 6.04 Å². The van der Waals surface area contributed by atoms with Crippen molar-refractivity contribution in [3.8, 4) is 0 Å². The summed E-state index contributed by atoms with van der Waals surface area (Å²) in [6, 6.07) is 21.5. The Labute approximate surface area is 183 Å². The first-order valence-electron chi connectivity index (χ1n) is 10.8. The van der Waals surface area contributed by atoms with Gasteiger partial charge in [-0.3, -0.25) is 9.69 Å². The van der Waals surface area contributed by atoms with Crippen molar-refractivity contribution in [2.24, 2.45) is 0 Å². The first kappa shape index (κ1) is 21.1. The Morgan fingerprint density at radius 1 is 0.968 bits per heavy atom. The minimum atomic E-state index is -0.621. The Balaban J connectivity index is 1.76. The van der Waals surface area contributed by atoms with Crippen LogP contribution >= 0.6 is 0 Å². The zero-order chi connectivity index (χ0) is 22.2. The molecule has 0 radical (unpaired) electrons. The molecule has 3 aromatic rings. The summed E-state index contributed by atoms with van der Waals surface area (Å²) < 4.78 is 5.81. The number of ketones is 1. The molecular weight excluding hydrogens is 386 g/mol. The number of ether oxygens (including phenoxy) is 1. The Morgan fingerprint density at radius 2 is 1.65 bits per heavy atom. The van der Waals surface area contributed by atoms with E-state index in [1.165, 1.54) is 0 Å². The van der Waals surface area contributed by atoms with Gasteiger partial charge in [0, 0.05) is 18.0 Å². The van der Waals surface area contributed by atoms with E-state index in [9.17, 15) is 9.59 Å². The molecule has 1 amide bonds. The molecule has 0 bridgehead atoms. The summed E-state index contributed by atoms with van der Waals surface area (Å²) >= 11 is 0. The molecule has 0 aliphatic heterocycles. The van der Waals surface area contributed by atoms with Crippen LogP contribution in [0.15, 0.2) is 66.7 Å². The summed E-state index contributed by atoms with van der Waals surface area (Å²) in [5.74, 6) is 0.0746. The van der Waals surface area contributed by atoms with Gasteiger partial charge in [0.25, 0.3) is 0 Å². The maximum Gasteiger partial charge on any atom is 0.411 e. The van der Waals surface area contributed by atoms with Crippen molar-refractivity contribution in [1.82, 2.24) is 4.90 Å². The van der Waals surface area contributed by atoms with Gasteiger partial charge >= 0.3 is 6.09 Å². The molecule has 0 heterocycles. The van der Waals surface area contributed by atoms with Crippen molar-refractivity contribution in [2.45, 2.75) is 58.2 Å². The molecule has 0 saturated carbocycles. The molecule has 3 aromatic carbocycles. The molecule has 4 rings (SSSR count). The number of hydrogen-bond donors (Lipinski definition) is 0. The Hall–Kier alpha value is -3.14. The van der Waals surface area contributed by atoms with Crippen molar-refractivity contribution in [3.05, 3.63) is 83.4 Å². The van der Waals surface area contributed by atoms with Gasteiger partial charge in [0.1, 0.15) is 5.60 Å². The zero-order valence-electron chi connectivity index (χ0n) is 18.6. The van der Waals surface area contributed by atoms with Gasteiger partial charge < -0.3 is 4.74 Å². The van der Waals surface area contributed by atoms with Crippen molar-refractivity contribution >= 4 is 22.6 Å². The molecule has 0 spiro atoms. The van der Waals surface area contributed by atoms with Gasteiger partial charge in [-0.25, -0.2) is 4.79 Å². The van der Waals surface area contributed by atoms with E-state index >= 15 is 0 Å². The molecule has 31 heavy (non-hydrogen) atoms. The van der Waals surface area contributed by atoms with E-state index in [4.69, 9.17) is 4.74 Å². The molecule has 0 N–H and O–H groups in total. The van der Waals surface area contributed by atoms with Crippen LogP contribution in [0, 0.1) is 0 Å². The lowest BCUT2D eigenvalue weighted by Gasteiger charge is -2.39. The number of fused-ring (bicyclic) bond motifs is 2. The van der Waals surface area contributed by atoms with Crippen molar-refractivity contribution in [2.75, 3.05) is 0 Å². The van der Waals surface area contributed by atoms with Crippen LogP contribution in [0.3, 0.4) is 0 Å². The highest BCUT2D eigenvalue weighted by molar-refractivity contribution is 5.99. The molecule has 2 atom stereocenters. The van der Waals surface area contributed by atoms with E-state index in [1.807, 2.05) is 70.2 Å². The Morgan fingerprint density at radius 3 is 2.42 bits per heavy atom. The smallest absolute Gasteiger partial charge is 0.411 e. The molecule has 0 saturated heterocycles. The predicted molar refractivity (Wildman–Crippen MR) is 123 cm³/mol. The van der Waals surface area contributed by atoms with Crippen molar-refractivity contribution in [1.29, 1.82) is 0 Å². The largest absolute Gasteiger partial charge is 0.444 e. The number of hydrogen-bond acceptors (Lipinski definition) is 3. The van der Waals surface area contributed by atoms with Crippen LogP contribution in [-0.2, 0) is 11.2 Å². The van der Waals surface area contributed by atoms with E-state index < -0.39 is 5.60 Å². The summed E-state index contributed by atoms with van der Waals surface area (Å²) in [6.45, 7) is 7.63. The first-order valence-corrected chi connectivity index (χ1v) is 10.8. The zero-order valence-corrected chi connectivity index (χ0v) is 18.6. The molecular formula is C27H29NO3. The summed E-state index contributed by atoms with van der Waals surface area (Å²) in [6.07, 6.45) is 0.548. The summed E-state index contributed by atoms with van der Waals surface area (Å²) in [5, 5.41) is 2.23. The fraction of sp³-hybridized carbons (Fsp3) is 0.333. The minimum Gasteiger partial charge on any atom is -0.444 e. The second kappa shape index (κ2) is 8.18. The number of benzene rings is 3. The molecule has 4 nitrogen and oxygen atoms in total. The molecule has 4 heteroatoms. The number of Topliss-reactive ketones (excluding diaryl/α,β-unsaturated/α-hetero) is 1. The van der Waals surface area contributed by atoms with E-state index in [2.05, 4.69) is 24.3 Å². The molecule has 160 valence electrons. The lowest BCUT2D eigenvalue weighted by atomic mass is 9.85. The van der Waals surface area contributed by atoms with Crippen LogP contribution < -0.4 is 0 Å². The minimum absolute atomic E-state index is 0.0746. The molecule has 1 aliphatic rings. The topological polar surface area (TPSA) is 46.6 Å². The third-order valence-corrected chi connectivity index (χ3v) is 5.88. The maximum atomic E-state index is 13.4. The fourth-order valence-electron chi connectivity index (χ4n) is 4.52. The monoisotopic (exact) mass is 415 g/mol. The molecule has 1 unspecified atom stereocenters. The van der Waals surface area contributed by atoms with Crippen LogP contribution in [-0.4, -0.2) is 28.4 Å². The average molecular weight is 416 g/mol. The first-order chi connectivity index (χ1) is 14.7.